The van der Waals surface area contributed by atoms with E-state index in [1.165, 1.54) is 0 Å². The van der Waals surface area contributed by atoms with Gasteiger partial charge in [0.15, 0.2) is 0 Å². The molecule has 1 rings (SSSR count). The minimum Gasteiger partial charge on any atom is -0.309 e. The van der Waals surface area contributed by atoms with Gasteiger partial charge in [0.2, 0.25) is 0 Å². The van der Waals surface area contributed by atoms with Crippen molar-refractivity contribution in [3.8, 4) is 12.3 Å². The van der Waals surface area contributed by atoms with Gasteiger partial charge in [0, 0.05) is 18.3 Å². The van der Waals surface area contributed by atoms with E-state index in [-0.39, 0.29) is 6.04 Å². The van der Waals surface area contributed by atoms with Gasteiger partial charge in [-0.25, -0.2) is 0 Å². The van der Waals surface area contributed by atoms with Crippen LogP contribution in [0.4, 0.5) is 0 Å². The smallest absolute Gasteiger partial charge is 0.0595 e. The fourth-order valence-electron chi connectivity index (χ4n) is 1.38. The van der Waals surface area contributed by atoms with Crippen LogP contribution in [0.15, 0.2) is 18.2 Å². The third kappa shape index (κ3) is 5.23. The van der Waals surface area contributed by atoms with Crippen LogP contribution in [0.2, 0.25) is 10.0 Å². The Kier molecular flexibility index (Phi) is 6.84. The molecule has 4 heteroatoms. The van der Waals surface area contributed by atoms with Crippen LogP contribution in [-0.2, 0) is 0 Å². The summed E-state index contributed by atoms with van der Waals surface area (Å²) in [5.74, 6) is 4.38. The van der Waals surface area contributed by atoms with Crippen molar-refractivity contribution in [1.82, 2.24) is 5.32 Å². The highest BCUT2D eigenvalue weighted by Crippen LogP contribution is 2.25. The van der Waals surface area contributed by atoms with Crippen molar-refractivity contribution < 1.29 is 0 Å². The van der Waals surface area contributed by atoms with Gasteiger partial charge in [0.1, 0.15) is 0 Å². The van der Waals surface area contributed by atoms with Gasteiger partial charge in [-0.3, -0.25) is 0 Å². The van der Waals surface area contributed by atoms with Crippen molar-refractivity contribution >= 4 is 35.0 Å². The second-order valence-electron chi connectivity index (χ2n) is 3.61. The van der Waals surface area contributed by atoms with E-state index in [9.17, 15) is 0 Å². The van der Waals surface area contributed by atoms with E-state index in [1.807, 2.05) is 18.2 Å². The monoisotopic (exact) mass is 287 g/mol. The van der Waals surface area contributed by atoms with Crippen molar-refractivity contribution in [3.63, 3.8) is 0 Å². The number of hydrogen-bond donors (Lipinski definition) is 1. The van der Waals surface area contributed by atoms with E-state index < -0.39 is 0 Å². The van der Waals surface area contributed by atoms with Gasteiger partial charge in [-0.05, 0) is 24.6 Å². The molecule has 0 bridgehead atoms. The molecule has 0 saturated carbocycles. The summed E-state index contributed by atoms with van der Waals surface area (Å²) in [6, 6.07) is 5.97. The summed E-state index contributed by atoms with van der Waals surface area (Å²) in [6.45, 7) is 3.03. The minimum atomic E-state index is 0.260. The first-order chi connectivity index (χ1) is 8.15. The number of halogens is 2. The summed E-state index contributed by atoms with van der Waals surface area (Å²) in [5, 5.41) is 4.60. The molecule has 0 heterocycles. The van der Waals surface area contributed by atoms with Gasteiger partial charge < -0.3 is 5.32 Å². The summed E-state index contributed by atoms with van der Waals surface area (Å²) in [5.41, 5.74) is 1.14. The van der Waals surface area contributed by atoms with E-state index in [4.69, 9.17) is 29.6 Å². The first-order valence-electron chi connectivity index (χ1n) is 5.34. The van der Waals surface area contributed by atoms with Crippen molar-refractivity contribution in [2.45, 2.75) is 13.0 Å². The van der Waals surface area contributed by atoms with Crippen molar-refractivity contribution in [3.05, 3.63) is 33.8 Å². The Bertz CT molecular complexity index is 401. The molecule has 1 unspecified atom stereocenters. The number of thioether (sulfide) groups is 1. The number of terminal acetylenes is 1. The van der Waals surface area contributed by atoms with Crippen LogP contribution in [0, 0.1) is 12.3 Å². The molecule has 0 spiro atoms. The second-order valence-corrected chi connectivity index (χ2v) is 5.53. The SMILES string of the molecule is C#CCSCCNC(C)c1ccc(Cl)c(Cl)c1. The lowest BCUT2D eigenvalue weighted by Crippen LogP contribution is -2.21. The summed E-state index contributed by atoms with van der Waals surface area (Å²) in [7, 11) is 0. The Hall–Kier alpha value is -0.330. The fourth-order valence-corrected chi connectivity index (χ4v) is 2.21. The molecular formula is C13H15Cl2NS. The third-order valence-electron chi connectivity index (χ3n) is 2.33. The molecule has 0 fully saturated rings. The van der Waals surface area contributed by atoms with Gasteiger partial charge in [0.25, 0.3) is 0 Å². The largest absolute Gasteiger partial charge is 0.309 e. The second kappa shape index (κ2) is 7.89. The van der Waals surface area contributed by atoms with Crippen molar-refractivity contribution in [2.24, 2.45) is 0 Å². The van der Waals surface area contributed by atoms with Crippen LogP contribution in [0.3, 0.4) is 0 Å². The Labute approximate surface area is 117 Å². The average Bonchev–Trinajstić information content (AvgIpc) is 2.32. The van der Waals surface area contributed by atoms with Crippen LogP contribution < -0.4 is 5.32 Å². The van der Waals surface area contributed by atoms with E-state index in [1.54, 1.807) is 11.8 Å². The molecule has 1 atom stereocenters. The standard InChI is InChI=1S/C13H15Cl2NS/c1-3-7-17-8-6-16-10(2)11-4-5-12(14)13(15)9-11/h1,4-5,9-10,16H,6-8H2,2H3. The number of benzene rings is 1. The molecule has 1 N–H and O–H groups in total. The van der Waals surface area contributed by atoms with Gasteiger partial charge in [0.05, 0.1) is 15.8 Å². The van der Waals surface area contributed by atoms with Gasteiger partial charge in [-0.15, -0.1) is 18.2 Å². The maximum absolute atomic E-state index is 5.97. The molecule has 1 aromatic rings. The highest BCUT2D eigenvalue weighted by atomic mass is 35.5. The lowest BCUT2D eigenvalue weighted by molar-refractivity contribution is 0.601. The average molecular weight is 288 g/mol. The topological polar surface area (TPSA) is 12.0 Å². The number of rotatable bonds is 6. The molecule has 1 aromatic carbocycles. The van der Waals surface area contributed by atoms with Crippen LogP contribution in [0.25, 0.3) is 0 Å². The summed E-state index contributed by atoms with van der Waals surface area (Å²) in [4.78, 5) is 0. The summed E-state index contributed by atoms with van der Waals surface area (Å²) >= 11 is 13.6. The molecule has 1 nitrogen and oxygen atoms in total. The first-order valence-corrected chi connectivity index (χ1v) is 7.25. The Morgan fingerprint density at radius 2 is 2.18 bits per heavy atom. The van der Waals surface area contributed by atoms with Gasteiger partial charge in [-0.2, -0.15) is 0 Å². The Morgan fingerprint density at radius 1 is 1.41 bits per heavy atom. The predicted molar refractivity (Wildman–Crippen MR) is 79.0 cm³/mol. The predicted octanol–water partition coefficient (Wildman–Crippen LogP) is 4.01. The zero-order chi connectivity index (χ0) is 12.7. The van der Waals surface area contributed by atoms with Crippen LogP contribution in [0.1, 0.15) is 18.5 Å². The normalized spacial score (nSPS) is 12.1. The first kappa shape index (κ1) is 14.7. The molecule has 0 aliphatic carbocycles. The number of nitrogens with one attached hydrogen (secondary N) is 1. The highest BCUT2D eigenvalue weighted by molar-refractivity contribution is 7.99. The molecule has 17 heavy (non-hydrogen) atoms. The summed E-state index contributed by atoms with van der Waals surface area (Å²) < 4.78 is 0. The maximum atomic E-state index is 5.97. The number of hydrogen-bond acceptors (Lipinski definition) is 2. The molecule has 0 aliphatic heterocycles. The van der Waals surface area contributed by atoms with Crippen LogP contribution in [-0.4, -0.2) is 18.1 Å². The van der Waals surface area contributed by atoms with Crippen LogP contribution >= 0.6 is 35.0 Å². The zero-order valence-corrected chi connectivity index (χ0v) is 12.0. The maximum Gasteiger partial charge on any atom is 0.0595 e. The van der Waals surface area contributed by atoms with Crippen LogP contribution in [0.5, 0.6) is 0 Å². The molecule has 0 aromatic heterocycles. The van der Waals surface area contributed by atoms with E-state index in [0.717, 1.165) is 23.6 Å². The lowest BCUT2D eigenvalue weighted by Gasteiger charge is -2.14. The fraction of sp³-hybridized carbons (Fsp3) is 0.385. The quantitative estimate of drug-likeness (QED) is 0.627. The zero-order valence-electron chi connectivity index (χ0n) is 9.67. The van der Waals surface area contributed by atoms with E-state index in [2.05, 4.69) is 18.2 Å². The molecule has 0 amide bonds. The molecular weight excluding hydrogens is 273 g/mol. The van der Waals surface area contributed by atoms with Gasteiger partial charge >= 0.3 is 0 Å². The van der Waals surface area contributed by atoms with Crippen molar-refractivity contribution in [2.75, 3.05) is 18.1 Å². The third-order valence-corrected chi connectivity index (χ3v) is 3.93. The molecule has 0 aliphatic rings. The minimum absolute atomic E-state index is 0.260. The molecule has 92 valence electrons. The Balaban J connectivity index is 2.39. The Morgan fingerprint density at radius 3 is 2.82 bits per heavy atom. The van der Waals surface area contributed by atoms with Gasteiger partial charge in [-0.1, -0.05) is 35.2 Å². The van der Waals surface area contributed by atoms with E-state index >= 15 is 0 Å². The highest BCUT2D eigenvalue weighted by Gasteiger charge is 2.06. The lowest BCUT2D eigenvalue weighted by atomic mass is 10.1. The van der Waals surface area contributed by atoms with E-state index in [0.29, 0.717) is 10.0 Å². The van der Waals surface area contributed by atoms with Crippen molar-refractivity contribution in [1.29, 1.82) is 0 Å². The molecule has 0 saturated heterocycles. The molecule has 0 radical (unpaired) electrons. The summed E-state index contributed by atoms with van der Waals surface area (Å²) in [6.07, 6.45) is 5.17.